The maximum Gasteiger partial charge on any atom is 0.261 e. The van der Waals surface area contributed by atoms with E-state index < -0.39 is 10.0 Å². The van der Waals surface area contributed by atoms with Crippen molar-refractivity contribution in [1.82, 2.24) is 4.98 Å². The number of ether oxygens (including phenoxy) is 1. The second-order valence-corrected chi connectivity index (χ2v) is 8.03. The maximum absolute atomic E-state index is 12.6. The Bertz CT molecular complexity index is 1140. The van der Waals surface area contributed by atoms with Crippen molar-refractivity contribution in [2.24, 2.45) is 0 Å². The summed E-state index contributed by atoms with van der Waals surface area (Å²) in [6.45, 7) is 3.71. The second kappa shape index (κ2) is 9.23. The summed E-state index contributed by atoms with van der Waals surface area (Å²) in [4.78, 5) is 16.5. The van der Waals surface area contributed by atoms with Crippen LogP contribution in [0.5, 0.6) is 5.75 Å². The van der Waals surface area contributed by atoms with E-state index in [0.717, 1.165) is 5.56 Å². The summed E-state index contributed by atoms with van der Waals surface area (Å²) in [5.41, 5.74) is 2.15. The Kier molecular flexibility index (Phi) is 6.48. The molecule has 2 aromatic carbocycles. The number of allylic oxidation sites excluding steroid dienone is 1. The Labute approximate surface area is 175 Å². The van der Waals surface area contributed by atoms with Gasteiger partial charge in [-0.25, -0.2) is 8.42 Å². The molecule has 0 aliphatic rings. The van der Waals surface area contributed by atoms with Gasteiger partial charge in [-0.05, 0) is 66.6 Å². The van der Waals surface area contributed by atoms with Crippen molar-refractivity contribution in [1.29, 1.82) is 0 Å². The van der Waals surface area contributed by atoms with E-state index in [9.17, 15) is 13.2 Å². The van der Waals surface area contributed by atoms with Gasteiger partial charge in [0.2, 0.25) is 0 Å². The number of rotatable bonds is 8. The summed E-state index contributed by atoms with van der Waals surface area (Å²) in [6, 6.07) is 14.3. The third kappa shape index (κ3) is 5.03. The number of pyridine rings is 1. The van der Waals surface area contributed by atoms with E-state index >= 15 is 0 Å². The molecular weight excluding hydrogens is 402 g/mol. The van der Waals surface area contributed by atoms with E-state index in [1.807, 2.05) is 0 Å². The summed E-state index contributed by atoms with van der Waals surface area (Å²) < 4.78 is 32.7. The molecule has 3 rings (SSSR count). The van der Waals surface area contributed by atoms with E-state index in [1.165, 1.54) is 30.5 Å². The first-order chi connectivity index (χ1) is 14.4. The zero-order valence-corrected chi connectivity index (χ0v) is 17.1. The summed E-state index contributed by atoms with van der Waals surface area (Å²) in [5, 5.41) is 2.76. The molecule has 3 aromatic rings. The molecule has 1 amide bonds. The van der Waals surface area contributed by atoms with Crippen molar-refractivity contribution >= 4 is 27.3 Å². The Morgan fingerprint density at radius 3 is 2.53 bits per heavy atom. The standard InChI is InChI=1S/C22H21N3O4S/c1-3-5-16-14-17(7-12-21(16)29-2)22(26)24-18-8-10-20(11-9-18)30(27,28)25-19-6-4-13-23-15-19/h3-4,6-15,25H,1,5H2,2H3,(H,24,26). The summed E-state index contributed by atoms with van der Waals surface area (Å²) >= 11 is 0. The summed E-state index contributed by atoms with van der Waals surface area (Å²) in [6.07, 6.45) is 5.28. The highest BCUT2D eigenvalue weighted by molar-refractivity contribution is 7.92. The van der Waals surface area contributed by atoms with Crippen LogP contribution in [-0.2, 0) is 16.4 Å². The Balaban J connectivity index is 1.73. The molecule has 7 nitrogen and oxygen atoms in total. The van der Waals surface area contributed by atoms with Crippen LogP contribution in [0, 0.1) is 0 Å². The van der Waals surface area contributed by atoms with E-state index in [2.05, 4.69) is 21.6 Å². The number of amides is 1. The first-order valence-corrected chi connectivity index (χ1v) is 10.5. The van der Waals surface area contributed by atoms with Crippen LogP contribution in [0.15, 0.2) is 84.5 Å². The van der Waals surface area contributed by atoms with Crippen molar-refractivity contribution < 1.29 is 17.9 Å². The highest BCUT2D eigenvalue weighted by Gasteiger charge is 2.15. The molecule has 0 aliphatic heterocycles. The molecule has 1 heterocycles. The lowest BCUT2D eigenvalue weighted by molar-refractivity contribution is 0.102. The van der Waals surface area contributed by atoms with Gasteiger partial charge in [0.25, 0.3) is 15.9 Å². The van der Waals surface area contributed by atoms with Crippen molar-refractivity contribution in [3.05, 3.63) is 90.8 Å². The SMILES string of the molecule is C=CCc1cc(C(=O)Nc2ccc(S(=O)(=O)Nc3cccnc3)cc2)ccc1OC. The first-order valence-electron chi connectivity index (χ1n) is 9.05. The lowest BCUT2D eigenvalue weighted by Crippen LogP contribution is -2.14. The Morgan fingerprint density at radius 2 is 1.90 bits per heavy atom. The predicted molar refractivity (Wildman–Crippen MR) is 116 cm³/mol. The van der Waals surface area contributed by atoms with Gasteiger partial charge < -0.3 is 10.1 Å². The molecule has 30 heavy (non-hydrogen) atoms. The number of methoxy groups -OCH3 is 1. The zero-order chi connectivity index (χ0) is 21.6. The largest absolute Gasteiger partial charge is 0.496 e. The number of aromatic nitrogens is 1. The van der Waals surface area contributed by atoms with Gasteiger partial charge in [0, 0.05) is 17.4 Å². The van der Waals surface area contributed by atoms with E-state index in [1.54, 1.807) is 49.7 Å². The van der Waals surface area contributed by atoms with Gasteiger partial charge in [0.15, 0.2) is 0 Å². The molecule has 0 saturated carbocycles. The number of carbonyl (C=O) groups is 1. The summed E-state index contributed by atoms with van der Waals surface area (Å²) in [7, 11) is -2.19. The molecular formula is C22H21N3O4S. The van der Waals surface area contributed by atoms with Crippen LogP contribution in [0.25, 0.3) is 0 Å². The van der Waals surface area contributed by atoms with Gasteiger partial charge >= 0.3 is 0 Å². The van der Waals surface area contributed by atoms with Crippen LogP contribution in [0.3, 0.4) is 0 Å². The molecule has 8 heteroatoms. The highest BCUT2D eigenvalue weighted by atomic mass is 32.2. The average molecular weight is 423 g/mol. The number of nitrogens with zero attached hydrogens (tertiary/aromatic N) is 1. The second-order valence-electron chi connectivity index (χ2n) is 6.35. The van der Waals surface area contributed by atoms with Crippen molar-refractivity contribution in [2.45, 2.75) is 11.3 Å². The van der Waals surface area contributed by atoms with Gasteiger partial charge in [0.05, 0.1) is 23.9 Å². The van der Waals surface area contributed by atoms with Crippen LogP contribution in [0.1, 0.15) is 15.9 Å². The van der Waals surface area contributed by atoms with Crippen molar-refractivity contribution in [2.75, 3.05) is 17.1 Å². The number of anilines is 2. The van der Waals surface area contributed by atoms with Crippen molar-refractivity contribution in [3.8, 4) is 5.75 Å². The predicted octanol–water partition coefficient (Wildman–Crippen LogP) is 3.87. The molecule has 2 N–H and O–H groups in total. The quantitative estimate of drug-likeness (QED) is 0.536. The first kappa shape index (κ1) is 21.1. The summed E-state index contributed by atoms with van der Waals surface area (Å²) in [5.74, 6) is 0.370. The molecule has 0 unspecified atom stereocenters. The molecule has 0 bridgehead atoms. The van der Waals surface area contributed by atoms with Gasteiger partial charge in [0.1, 0.15) is 5.75 Å². The third-order valence-corrected chi connectivity index (χ3v) is 5.64. The van der Waals surface area contributed by atoms with E-state index in [4.69, 9.17) is 4.74 Å². The van der Waals surface area contributed by atoms with Crippen LogP contribution in [0.4, 0.5) is 11.4 Å². The lowest BCUT2D eigenvalue weighted by atomic mass is 10.1. The number of hydrogen-bond donors (Lipinski definition) is 2. The molecule has 0 atom stereocenters. The van der Waals surface area contributed by atoms with Crippen LogP contribution in [0.2, 0.25) is 0 Å². The van der Waals surface area contributed by atoms with Crippen LogP contribution in [-0.4, -0.2) is 26.4 Å². The molecule has 0 aliphatic carbocycles. The molecule has 0 saturated heterocycles. The third-order valence-electron chi connectivity index (χ3n) is 4.24. The fourth-order valence-electron chi connectivity index (χ4n) is 2.79. The van der Waals surface area contributed by atoms with Gasteiger partial charge in [-0.2, -0.15) is 0 Å². The highest BCUT2D eigenvalue weighted by Crippen LogP contribution is 2.22. The number of benzene rings is 2. The smallest absolute Gasteiger partial charge is 0.261 e. The normalized spacial score (nSPS) is 10.8. The van der Waals surface area contributed by atoms with Crippen LogP contribution >= 0.6 is 0 Å². The minimum atomic E-state index is -3.76. The van der Waals surface area contributed by atoms with Gasteiger partial charge in [-0.15, -0.1) is 6.58 Å². The van der Waals surface area contributed by atoms with Gasteiger partial charge in [-0.1, -0.05) is 6.08 Å². The van der Waals surface area contributed by atoms with E-state index in [-0.39, 0.29) is 10.8 Å². The fourth-order valence-corrected chi connectivity index (χ4v) is 3.84. The monoisotopic (exact) mass is 423 g/mol. The number of nitrogens with one attached hydrogen (secondary N) is 2. The minimum absolute atomic E-state index is 0.0714. The van der Waals surface area contributed by atoms with E-state index in [0.29, 0.717) is 29.1 Å². The fraction of sp³-hybridized carbons (Fsp3) is 0.0909. The van der Waals surface area contributed by atoms with Crippen molar-refractivity contribution in [3.63, 3.8) is 0 Å². The number of carbonyl (C=O) groups excluding carboxylic acids is 1. The van der Waals surface area contributed by atoms with Crippen LogP contribution < -0.4 is 14.8 Å². The Hall–Kier alpha value is -3.65. The lowest BCUT2D eigenvalue weighted by Gasteiger charge is -2.11. The maximum atomic E-state index is 12.6. The number of sulfonamides is 1. The molecule has 0 spiro atoms. The Morgan fingerprint density at radius 1 is 1.13 bits per heavy atom. The zero-order valence-electron chi connectivity index (χ0n) is 16.3. The average Bonchev–Trinajstić information content (AvgIpc) is 2.74. The van der Waals surface area contributed by atoms with Gasteiger partial charge in [-0.3, -0.25) is 14.5 Å². The topological polar surface area (TPSA) is 97.4 Å². The molecule has 0 radical (unpaired) electrons. The molecule has 1 aromatic heterocycles. The number of hydrogen-bond acceptors (Lipinski definition) is 5. The minimum Gasteiger partial charge on any atom is -0.496 e. The molecule has 154 valence electrons. The molecule has 0 fully saturated rings.